The molecule has 9 heteroatoms. The van der Waals surface area contributed by atoms with Gasteiger partial charge in [0.2, 0.25) is 5.91 Å². The molecule has 0 unspecified atom stereocenters. The van der Waals surface area contributed by atoms with Gasteiger partial charge in [-0.05, 0) is 37.0 Å². The minimum absolute atomic E-state index is 0.0218. The number of likely N-dealkylation sites (tertiary alicyclic amines) is 1. The number of piperidine rings is 1. The number of guanidine groups is 1. The van der Waals surface area contributed by atoms with Crippen LogP contribution in [0.1, 0.15) is 24.8 Å². The Morgan fingerprint density at radius 1 is 1.20 bits per heavy atom. The number of ether oxygens (including phenoxy) is 1. The zero-order chi connectivity index (χ0) is 18.3. The van der Waals surface area contributed by atoms with Crippen molar-refractivity contribution in [3.63, 3.8) is 0 Å². The molecule has 0 atom stereocenters. The number of benzene rings is 1. The summed E-state index contributed by atoms with van der Waals surface area (Å²) < 4.78 is 40.0. The number of halogens is 3. The number of alkyl halides is 3. The second-order valence-electron chi connectivity index (χ2n) is 5.69. The predicted octanol–water partition coefficient (Wildman–Crippen LogP) is 2.00. The number of carbonyl (C=O) groups excluding carboxylic acids is 1. The zero-order valence-electron chi connectivity index (χ0n) is 13.7. The number of rotatable bonds is 5. The van der Waals surface area contributed by atoms with Crippen LogP contribution in [-0.2, 0) is 11.3 Å². The number of hydrogen-bond donors (Lipinski definition) is 2. The van der Waals surface area contributed by atoms with E-state index in [1.165, 1.54) is 24.3 Å². The Bertz CT molecular complexity index is 596. The van der Waals surface area contributed by atoms with Crippen molar-refractivity contribution in [2.75, 3.05) is 19.6 Å². The van der Waals surface area contributed by atoms with Crippen LogP contribution in [0, 0.1) is 0 Å². The topological polar surface area (TPSA) is 80.0 Å². The van der Waals surface area contributed by atoms with Gasteiger partial charge >= 0.3 is 6.36 Å². The first-order valence-electron chi connectivity index (χ1n) is 8.00. The largest absolute Gasteiger partial charge is 0.573 e. The number of aliphatic imine (C=N–C) groups is 1. The Kier molecular flexibility index (Phi) is 6.49. The lowest BCUT2D eigenvalue weighted by atomic mass is 10.1. The van der Waals surface area contributed by atoms with E-state index < -0.39 is 6.36 Å². The highest BCUT2D eigenvalue weighted by Crippen LogP contribution is 2.22. The minimum atomic E-state index is -4.71. The molecule has 6 nitrogen and oxygen atoms in total. The van der Waals surface area contributed by atoms with Gasteiger partial charge in [0.25, 0.3) is 0 Å². The molecule has 1 heterocycles. The van der Waals surface area contributed by atoms with Gasteiger partial charge in [-0.25, -0.2) is 4.99 Å². The zero-order valence-corrected chi connectivity index (χ0v) is 13.7. The number of hydrogen-bond acceptors (Lipinski definition) is 3. The Labute approximate surface area is 143 Å². The number of nitrogens with zero attached hydrogens (tertiary/aromatic N) is 2. The highest BCUT2D eigenvalue weighted by molar-refractivity contribution is 5.85. The van der Waals surface area contributed by atoms with E-state index in [9.17, 15) is 18.0 Å². The first-order chi connectivity index (χ1) is 11.8. The third kappa shape index (κ3) is 6.90. The van der Waals surface area contributed by atoms with Crippen molar-refractivity contribution < 1.29 is 22.7 Å². The van der Waals surface area contributed by atoms with Crippen molar-refractivity contribution in [3.8, 4) is 5.75 Å². The summed E-state index contributed by atoms with van der Waals surface area (Å²) in [5.41, 5.74) is 6.38. The van der Waals surface area contributed by atoms with Crippen LogP contribution in [0.3, 0.4) is 0 Å². The van der Waals surface area contributed by atoms with Crippen LogP contribution in [0.5, 0.6) is 5.75 Å². The van der Waals surface area contributed by atoms with E-state index in [-0.39, 0.29) is 30.7 Å². The predicted molar refractivity (Wildman–Crippen MR) is 86.9 cm³/mol. The third-order valence-electron chi connectivity index (χ3n) is 3.72. The van der Waals surface area contributed by atoms with E-state index in [2.05, 4.69) is 15.0 Å². The maximum Gasteiger partial charge on any atom is 0.573 e. The van der Waals surface area contributed by atoms with Gasteiger partial charge in [0.05, 0.1) is 13.1 Å². The van der Waals surface area contributed by atoms with Crippen LogP contribution in [0.4, 0.5) is 13.2 Å². The summed E-state index contributed by atoms with van der Waals surface area (Å²) in [5, 5.41) is 2.76. The standard InChI is InChI=1S/C16H21F3N4O2/c17-16(18,19)25-13-6-4-12(5-7-13)10-21-15(20)22-11-14(24)23-8-2-1-3-9-23/h4-7H,1-3,8-11H2,(H3,20,21,22). The lowest BCUT2D eigenvalue weighted by molar-refractivity contribution is -0.274. The molecule has 0 bridgehead atoms. The Morgan fingerprint density at radius 2 is 1.84 bits per heavy atom. The summed E-state index contributed by atoms with van der Waals surface area (Å²) in [5.74, 6) is -0.203. The molecule has 1 aromatic carbocycles. The molecule has 0 radical (unpaired) electrons. The molecule has 1 fully saturated rings. The average molecular weight is 358 g/mol. The second kappa shape index (κ2) is 8.59. The maximum absolute atomic E-state index is 12.1. The number of amides is 1. The lowest BCUT2D eigenvalue weighted by Gasteiger charge is -2.26. The molecule has 0 saturated carbocycles. The van der Waals surface area contributed by atoms with Gasteiger partial charge in [0.1, 0.15) is 5.75 Å². The van der Waals surface area contributed by atoms with Gasteiger partial charge in [0.15, 0.2) is 5.96 Å². The molecule has 138 valence electrons. The monoisotopic (exact) mass is 358 g/mol. The van der Waals surface area contributed by atoms with Gasteiger partial charge in [-0.3, -0.25) is 4.79 Å². The van der Waals surface area contributed by atoms with Crippen LogP contribution in [-0.4, -0.2) is 42.8 Å². The lowest BCUT2D eigenvalue weighted by Crippen LogP contribution is -2.44. The first kappa shape index (κ1) is 18.9. The number of nitrogens with two attached hydrogens (primary N) is 1. The molecule has 0 aliphatic carbocycles. The summed E-state index contributed by atoms with van der Waals surface area (Å²) in [7, 11) is 0. The van der Waals surface area contributed by atoms with Gasteiger partial charge in [0, 0.05) is 13.1 Å². The Hall–Kier alpha value is -2.45. The Morgan fingerprint density at radius 3 is 2.44 bits per heavy atom. The van der Waals surface area contributed by atoms with Crippen LogP contribution in [0.25, 0.3) is 0 Å². The molecule has 3 N–H and O–H groups in total. The van der Waals surface area contributed by atoms with Gasteiger partial charge in [-0.1, -0.05) is 12.1 Å². The maximum atomic E-state index is 12.1. The average Bonchev–Trinajstić information content (AvgIpc) is 2.58. The van der Waals surface area contributed by atoms with Crippen LogP contribution >= 0.6 is 0 Å². The van der Waals surface area contributed by atoms with E-state index in [1.807, 2.05) is 0 Å². The SMILES string of the molecule is NC(=NCc1ccc(OC(F)(F)F)cc1)NCC(=O)N1CCCCC1. The smallest absolute Gasteiger partial charge is 0.406 e. The van der Waals surface area contributed by atoms with Crippen LogP contribution in [0.15, 0.2) is 29.3 Å². The molecular weight excluding hydrogens is 337 g/mol. The highest BCUT2D eigenvalue weighted by Gasteiger charge is 2.30. The molecule has 0 aromatic heterocycles. The van der Waals surface area contributed by atoms with Crippen LogP contribution in [0.2, 0.25) is 0 Å². The summed E-state index contributed by atoms with van der Waals surface area (Å²) in [6.45, 7) is 1.80. The normalized spacial score (nSPS) is 15.8. The molecule has 1 saturated heterocycles. The first-order valence-corrected chi connectivity index (χ1v) is 8.00. The summed E-state index contributed by atoms with van der Waals surface area (Å²) in [6, 6.07) is 5.36. The highest BCUT2D eigenvalue weighted by atomic mass is 19.4. The molecule has 1 aliphatic rings. The molecule has 1 aromatic rings. The fourth-order valence-electron chi connectivity index (χ4n) is 2.45. The van der Waals surface area contributed by atoms with E-state index >= 15 is 0 Å². The van der Waals surface area contributed by atoms with E-state index in [4.69, 9.17) is 5.73 Å². The molecule has 2 rings (SSSR count). The summed E-state index contributed by atoms with van der Waals surface area (Å²) in [4.78, 5) is 17.8. The number of carbonyl (C=O) groups is 1. The van der Waals surface area contributed by atoms with Gasteiger partial charge in [-0.15, -0.1) is 13.2 Å². The van der Waals surface area contributed by atoms with Gasteiger partial charge in [-0.2, -0.15) is 0 Å². The summed E-state index contributed by atoms with van der Waals surface area (Å²) >= 11 is 0. The molecular formula is C16H21F3N4O2. The van der Waals surface area contributed by atoms with Crippen molar-refractivity contribution in [1.82, 2.24) is 10.2 Å². The molecule has 1 aliphatic heterocycles. The quantitative estimate of drug-likeness (QED) is 0.623. The second-order valence-corrected chi connectivity index (χ2v) is 5.69. The van der Waals surface area contributed by atoms with E-state index in [1.54, 1.807) is 4.90 Å². The van der Waals surface area contributed by atoms with Crippen molar-refractivity contribution in [3.05, 3.63) is 29.8 Å². The third-order valence-corrected chi connectivity index (χ3v) is 3.72. The van der Waals surface area contributed by atoms with Crippen molar-refractivity contribution in [2.45, 2.75) is 32.2 Å². The number of nitrogens with one attached hydrogen (secondary N) is 1. The fraction of sp³-hybridized carbons (Fsp3) is 0.500. The summed E-state index contributed by atoms with van der Waals surface area (Å²) in [6.07, 6.45) is -1.53. The molecule has 0 spiro atoms. The van der Waals surface area contributed by atoms with E-state index in [0.717, 1.165) is 32.4 Å². The van der Waals surface area contributed by atoms with Gasteiger partial charge < -0.3 is 20.7 Å². The fourth-order valence-corrected chi connectivity index (χ4v) is 2.45. The molecule has 1 amide bonds. The van der Waals surface area contributed by atoms with Crippen LogP contribution < -0.4 is 15.8 Å². The van der Waals surface area contributed by atoms with Crippen molar-refractivity contribution in [2.24, 2.45) is 10.7 Å². The van der Waals surface area contributed by atoms with E-state index in [0.29, 0.717) is 5.56 Å². The minimum Gasteiger partial charge on any atom is -0.406 e. The Balaban J connectivity index is 1.77. The van der Waals surface area contributed by atoms with Crippen molar-refractivity contribution in [1.29, 1.82) is 0 Å². The van der Waals surface area contributed by atoms with Crippen molar-refractivity contribution >= 4 is 11.9 Å². The molecule has 25 heavy (non-hydrogen) atoms.